The van der Waals surface area contributed by atoms with E-state index >= 15 is 0 Å². The van der Waals surface area contributed by atoms with E-state index in [0.717, 1.165) is 26.1 Å². The van der Waals surface area contributed by atoms with E-state index in [1.54, 1.807) is 55.5 Å². The summed E-state index contributed by atoms with van der Waals surface area (Å²) in [6, 6.07) is 12.9. The number of carbonyl (C=O) groups is 2. The highest BCUT2D eigenvalue weighted by molar-refractivity contribution is 14.1. The molecule has 0 unspecified atom stereocenters. The Labute approximate surface area is 214 Å². The molecule has 33 heavy (non-hydrogen) atoms. The minimum absolute atomic E-state index is 0.0493. The van der Waals surface area contributed by atoms with Crippen LogP contribution in [0.5, 0.6) is 0 Å². The molecule has 0 aliphatic carbocycles. The van der Waals surface area contributed by atoms with Crippen molar-refractivity contribution in [3.8, 4) is 0 Å². The minimum atomic E-state index is -3.74. The average Bonchev–Trinajstić information content (AvgIpc) is 2.76. The van der Waals surface area contributed by atoms with Gasteiger partial charge in [-0.15, -0.1) is 0 Å². The maximum atomic E-state index is 13.4. The Morgan fingerprint density at radius 1 is 1.06 bits per heavy atom. The lowest BCUT2D eigenvalue weighted by atomic mass is 10.1. The van der Waals surface area contributed by atoms with Crippen molar-refractivity contribution < 1.29 is 18.0 Å². The summed E-state index contributed by atoms with van der Waals surface area (Å²) in [4.78, 5) is 27.7. The van der Waals surface area contributed by atoms with Gasteiger partial charge in [0.05, 0.1) is 11.9 Å². The number of amides is 2. The third kappa shape index (κ3) is 8.15. The van der Waals surface area contributed by atoms with Crippen molar-refractivity contribution in [3.63, 3.8) is 0 Å². The van der Waals surface area contributed by atoms with Crippen LogP contribution in [0.3, 0.4) is 0 Å². The van der Waals surface area contributed by atoms with Crippen LogP contribution in [-0.4, -0.2) is 50.0 Å². The van der Waals surface area contributed by atoms with Crippen LogP contribution in [0, 0.1) is 3.57 Å². The van der Waals surface area contributed by atoms with Crippen molar-refractivity contribution in [2.75, 3.05) is 17.1 Å². The quantitative estimate of drug-likeness (QED) is 0.414. The first-order valence-corrected chi connectivity index (χ1v) is 13.8. The molecule has 0 heterocycles. The van der Waals surface area contributed by atoms with Gasteiger partial charge in [-0.25, -0.2) is 8.42 Å². The Balaban J connectivity index is 2.36. The van der Waals surface area contributed by atoms with E-state index in [9.17, 15) is 18.0 Å². The van der Waals surface area contributed by atoms with Gasteiger partial charge in [-0.1, -0.05) is 30.7 Å². The molecule has 0 aromatic heterocycles. The van der Waals surface area contributed by atoms with E-state index in [4.69, 9.17) is 11.6 Å². The molecule has 7 nitrogen and oxygen atoms in total. The van der Waals surface area contributed by atoms with Gasteiger partial charge in [0.15, 0.2) is 0 Å². The van der Waals surface area contributed by atoms with Crippen molar-refractivity contribution in [2.24, 2.45) is 0 Å². The van der Waals surface area contributed by atoms with Crippen LogP contribution in [0.15, 0.2) is 48.5 Å². The first-order valence-electron chi connectivity index (χ1n) is 10.5. The van der Waals surface area contributed by atoms with E-state index in [1.165, 1.54) is 4.90 Å². The lowest BCUT2D eigenvalue weighted by Gasteiger charge is -2.32. The molecule has 0 radical (unpaired) electrons. The molecule has 2 atom stereocenters. The zero-order valence-electron chi connectivity index (χ0n) is 19.1. The van der Waals surface area contributed by atoms with Crippen LogP contribution in [0.1, 0.15) is 32.8 Å². The monoisotopic (exact) mass is 605 g/mol. The Bertz CT molecular complexity index is 1060. The summed E-state index contributed by atoms with van der Waals surface area (Å²) in [5, 5.41) is 3.45. The highest BCUT2D eigenvalue weighted by Gasteiger charge is 2.30. The molecular formula is C23H29ClIN3O4S. The summed E-state index contributed by atoms with van der Waals surface area (Å²) in [6.07, 6.45) is 1.80. The lowest BCUT2D eigenvalue weighted by molar-refractivity contribution is -0.139. The van der Waals surface area contributed by atoms with Crippen LogP contribution >= 0.6 is 34.2 Å². The number of nitrogens with zero attached hydrogens (tertiary/aromatic N) is 2. The first kappa shape index (κ1) is 27.4. The van der Waals surface area contributed by atoms with Gasteiger partial charge in [0.25, 0.3) is 0 Å². The summed E-state index contributed by atoms with van der Waals surface area (Å²) in [5.41, 5.74) is 1.16. The fourth-order valence-electron chi connectivity index (χ4n) is 3.06. The molecular weight excluding hydrogens is 577 g/mol. The summed E-state index contributed by atoms with van der Waals surface area (Å²) < 4.78 is 27.0. The average molecular weight is 606 g/mol. The molecule has 0 saturated carbocycles. The number of hydrogen-bond donors (Lipinski definition) is 1. The molecule has 0 aliphatic heterocycles. The van der Waals surface area contributed by atoms with E-state index < -0.39 is 28.5 Å². The van der Waals surface area contributed by atoms with Gasteiger partial charge in [-0.3, -0.25) is 13.9 Å². The Morgan fingerprint density at radius 3 is 2.15 bits per heavy atom. The number of nitrogens with one attached hydrogen (secondary N) is 1. The van der Waals surface area contributed by atoms with E-state index in [2.05, 4.69) is 27.9 Å². The van der Waals surface area contributed by atoms with Gasteiger partial charge in [0, 0.05) is 21.2 Å². The molecule has 180 valence electrons. The minimum Gasteiger partial charge on any atom is -0.352 e. The maximum absolute atomic E-state index is 13.4. The largest absolute Gasteiger partial charge is 0.352 e. The van der Waals surface area contributed by atoms with Crippen LogP contribution in [-0.2, 0) is 26.2 Å². The second-order valence-corrected chi connectivity index (χ2v) is 11.5. The van der Waals surface area contributed by atoms with Gasteiger partial charge < -0.3 is 10.2 Å². The standard InChI is InChI=1S/C23H29ClIN3O4S/c1-5-16(2)26-23(30)17(3)27(14-18-6-8-19(24)9-7-18)22(29)15-28(33(4,31)32)21-12-10-20(25)11-13-21/h6-13,16-17H,5,14-15H2,1-4H3,(H,26,30)/t16-,17+/m1/s1. The predicted octanol–water partition coefficient (Wildman–Crippen LogP) is 4.04. The number of sulfonamides is 1. The Hall–Kier alpha value is -1.85. The molecule has 0 fully saturated rings. The summed E-state index contributed by atoms with van der Waals surface area (Å²) in [6.45, 7) is 5.19. The maximum Gasteiger partial charge on any atom is 0.244 e. The molecule has 2 rings (SSSR count). The number of rotatable bonds is 10. The molecule has 2 amide bonds. The predicted molar refractivity (Wildman–Crippen MR) is 141 cm³/mol. The summed E-state index contributed by atoms with van der Waals surface area (Å²) in [7, 11) is -3.74. The van der Waals surface area contributed by atoms with Gasteiger partial charge in [-0.2, -0.15) is 0 Å². The Morgan fingerprint density at radius 2 is 1.64 bits per heavy atom. The zero-order chi connectivity index (χ0) is 24.8. The number of benzene rings is 2. The van der Waals surface area contributed by atoms with Gasteiger partial charge in [-0.05, 0) is 84.8 Å². The van der Waals surface area contributed by atoms with Crippen molar-refractivity contribution in [3.05, 3.63) is 62.7 Å². The molecule has 0 saturated heterocycles. The Kier molecular flexibility index (Phi) is 9.99. The number of hydrogen-bond acceptors (Lipinski definition) is 4. The highest BCUT2D eigenvalue weighted by Crippen LogP contribution is 2.21. The van der Waals surface area contributed by atoms with Gasteiger partial charge in [0.1, 0.15) is 12.6 Å². The van der Waals surface area contributed by atoms with Crippen molar-refractivity contribution >= 4 is 61.7 Å². The second kappa shape index (κ2) is 12.0. The third-order valence-corrected chi connectivity index (χ3v) is 7.34. The fraction of sp³-hybridized carbons (Fsp3) is 0.391. The topological polar surface area (TPSA) is 86.8 Å². The van der Waals surface area contributed by atoms with Gasteiger partial charge >= 0.3 is 0 Å². The van der Waals surface area contributed by atoms with E-state index in [0.29, 0.717) is 10.7 Å². The molecule has 1 N–H and O–H groups in total. The molecule has 2 aromatic carbocycles. The number of anilines is 1. The summed E-state index contributed by atoms with van der Waals surface area (Å²) in [5.74, 6) is -0.785. The van der Waals surface area contributed by atoms with Crippen LogP contribution in [0.2, 0.25) is 5.02 Å². The van der Waals surface area contributed by atoms with E-state index in [1.807, 2.05) is 13.8 Å². The van der Waals surface area contributed by atoms with Crippen molar-refractivity contribution in [2.45, 2.75) is 45.8 Å². The summed E-state index contributed by atoms with van der Waals surface area (Å²) >= 11 is 8.10. The molecule has 0 spiro atoms. The lowest BCUT2D eigenvalue weighted by Crippen LogP contribution is -2.52. The number of halogens is 2. The fourth-order valence-corrected chi connectivity index (χ4v) is 4.39. The highest BCUT2D eigenvalue weighted by atomic mass is 127. The molecule has 10 heteroatoms. The van der Waals surface area contributed by atoms with Crippen molar-refractivity contribution in [1.82, 2.24) is 10.2 Å². The molecule has 0 aliphatic rings. The van der Waals surface area contributed by atoms with Crippen LogP contribution in [0.25, 0.3) is 0 Å². The molecule has 0 bridgehead atoms. The van der Waals surface area contributed by atoms with Gasteiger partial charge in [0.2, 0.25) is 21.8 Å². The SMILES string of the molecule is CC[C@@H](C)NC(=O)[C@H](C)N(Cc1ccc(Cl)cc1)C(=O)CN(c1ccc(I)cc1)S(C)(=O)=O. The third-order valence-electron chi connectivity index (χ3n) is 5.23. The smallest absolute Gasteiger partial charge is 0.244 e. The first-order chi connectivity index (χ1) is 15.4. The normalized spacial score (nSPS) is 13.2. The number of carbonyl (C=O) groups excluding carboxylic acids is 2. The van der Waals surface area contributed by atoms with Crippen LogP contribution in [0.4, 0.5) is 5.69 Å². The van der Waals surface area contributed by atoms with Crippen LogP contribution < -0.4 is 9.62 Å². The second-order valence-electron chi connectivity index (χ2n) is 7.89. The molecule has 2 aromatic rings. The van der Waals surface area contributed by atoms with E-state index in [-0.39, 0.29) is 18.5 Å². The van der Waals surface area contributed by atoms with Crippen molar-refractivity contribution in [1.29, 1.82) is 0 Å². The zero-order valence-corrected chi connectivity index (χ0v) is 22.8.